The molecule has 1 heterocycles. The molecule has 5 rings (SSSR count). The molecule has 1 saturated heterocycles. The fourth-order valence-electron chi connectivity index (χ4n) is 5.33. The second-order valence-corrected chi connectivity index (χ2v) is 10.4. The predicted octanol–water partition coefficient (Wildman–Crippen LogP) is 6.00. The topological polar surface area (TPSA) is 71.0 Å². The largest absolute Gasteiger partial charge is 0.492 e. The first-order valence-corrected chi connectivity index (χ1v) is 13.2. The van der Waals surface area contributed by atoms with Gasteiger partial charge in [-0.1, -0.05) is 24.3 Å². The standard InChI is InChI=1S/C30H29F5N2O4.2ClH/c31-21-7-10-25(32)26(14-21)41-27(29(38)39)13-18-3-8-22(9-4-18)40-12-11-36-28-23-16-37(17-24(23)28)15-19-1-5-20(6-2-19)30(33,34)35;;/h1-10,14,23-24,27-28,36H,11-13,15-17H2,(H,38,39);2*1H/t23-,24+,27-,28+;;/m0../s1. The van der Waals surface area contributed by atoms with Crippen molar-refractivity contribution in [3.8, 4) is 11.5 Å². The molecule has 43 heavy (non-hydrogen) atoms. The number of ether oxygens (including phenoxy) is 2. The normalized spacial score (nSPS) is 19.9. The smallest absolute Gasteiger partial charge is 0.416 e. The summed E-state index contributed by atoms with van der Waals surface area (Å²) in [6.07, 6.45) is -5.77. The summed E-state index contributed by atoms with van der Waals surface area (Å²) in [7, 11) is 0. The van der Waals surface area contributed by atoms with Crippen LogP contribution in [-0.4, -0.2) is 54.4 Å². The number of nitrogens with zero attached hydrogens (tertiary/aromatic N) is 1. The molecule has 0 amide bonds. The molecule has 13 heteroatoms. The summed E-state index contributed by atoms with van der Waals surface area (Å²) < 4.78 is 76.5. The SMILES string of the molecule is Cl.Cl.O=C(O)[C@H](Cc1ccc(OCCN[C@H]2[C@@H]3CN(Cc4ccc(C(F)(F)F)cc4)C[C@@H]32)cc1)Oc1cc(F)ccc1F. The number of likely N-dealkylation sites (tertiary alicyclic amines) is 1. The van der Waals surface area contributed by atoms with Gasteiger partial charge >= 0.3 is 12.1 Å². The van der Waals surface area contributed by atoms with Gasteiger partial charge in [-0.3, -0.25) is 4.90 Å². The van der Waals surface area contributed by atoms with Crippen LogP contribution < -0.4 is 14.8 Å². The quantitative estimate of drug-likeness (QED) is 0.185. The van der Waals surface area contributed by atoms with Crippen molar-refractivity contribution in [3.63, 3.8) is 0 Å². The lowest BCUT2D eigenvalue weighted by Crippen LogP contribution is -2.33. The number of fused-ring (bicyclic) bond motifs is 1. The Morgan fingerprint density at radius 3 is 2.19 bits per heavy atom. The molecule has 4 atom stereocenters. The van der Waals surface area contributed by atoms with E-state index >= 15 is 0 Å². The molecule has 2 N–H and O–H groups in total. The van der Waals surface area contributed by atoms with E-state index in [1.807, 2.05) is 0 Å². The fraction of sp³-hybridized carbons (Fsp3) is 0.367. The van der Waals surface area contributed by atoms with Crippen LogP contribution in [0.5, 0.6) is 11.5 Å². The van der Waals surface area contributed by atoms with Gasteiger partial charge in [0, 0.05) is 44.7 Å². The van der Waals surface area contributed by atoms with Crippen LogP contribution in [0, 0.1) is 23.5 Å². The molecule has 1 saturated carbocycles. The number of hydrogen-bond donors (Lipinski definition) is 2. The summed E-state index contributed by atoms with van der Waals surface area (Å²) in [5, 5.41) is 13.0. The Balaban J connectivity index is 0.00000253. The number of piperidine rings is 1. The summed E-state index contributed by atoms with van der Waals surface area (Å²) >= 11 is 0. The van der Waals surface area contributed by atoms with Crippen molar-refractivity contribution in [2.24, 2.45) is 11.8 Å². The first-order valence-electron chi connectivity index (χ1n) is 13.2. The van der Waals surface area contributed by atoms with Crippen molar-refractivity contribution in [2.45, 2.75) is 31.3 Å². The number of nitrogens with one attached hydrogen (secondary N) is 1. The number of benzene rings is 3. The average Bonchev–Trinajstić information content (AvgIpc) is 3.38. The second-order valence-electron chi connectivity index (χ2n) is 10.4. The maximum absolute atomic E-state index is 13.9. The van der Waals surface area contributed by atoms with E-state index in [1.54, 1.807) is 36.4 Å². The summed E-state index contributed by atoms with van der Waals surface area (Å²) in [4.78, 5) is 13.9. The Kier molecular flexibility index (Phi) is 11.6. The Hall–Kier alpha value is -3.12. The van der Waals surface area contributed by atoms with Gasteiger partial charge in [0.05, 0.1) is 5.56 Å². The summed E-state index contributed by atoms with van der Waals surface area (Å²) in [5.74, 6) is -1.68. The molecule has 3 aromatic carbocycles. The summed E-state index contributed by atoms with van der Waals surface area (Å²) in [6, 6.07) is 15.2. The first-order chi connectivity index (χ1) is 19.6. The maximum atomic E-state index is 13.9. The van der Waals surface area contributed by atoms with Gasteiger partial charge < -0.3 is 19.9 Å². The Bertz CT molecular complexity index is 1350. The summed E-state index contributed by atoms with van der Waals surface area (Å²) in [6.45, 7) is 3.52. The molecule has 2 aliphatic rings. The molecule has 1 aliphatic carbocycles. The highest BCUT2D eigenvalue weighted by atomic mass is 35.5. The van der Waals surface area contributed by atoms with E-state index in [4.69, 9.17) is 9.47 Å². The molecule has 2 fully saturated rings. The minimum Gasteiger partial charge on any atom is -0.492 e. The lowest BCUT2D eigenvalue weighted by atomic mass is 10.1. The third-order valence-corrected chi connectivity index (χ3v) is 7.49. The van der Waals surface area contributed by atoms with Gasteiger partial charge in [0.15, 0.2) is 17.7 Å². The van der Waals surface area contributed by atoms with Crippen molar-refractivity contribution in [2.75, 3.05) is 26.2 Å². The highest BCUT2D eigenvalue weighted by molar-refractivity contribution is 5.85. The molecule has 0 bridgehead atoms. The third kappa shape index (κ3) is 8.95. The number of carbonyl (C=O) groups is 1. The van der Waals surface area contributed by atoms with Crippen molar-refractivity contribution in [1.82, 2.24) is 10.2 Å². The van der Waals surface area contributed by atoms with Crippen molar-refractivity contribution < 1.29 is 41.3 Å². The van der Waals surface area contributed by atoms with E-state index in [2.05, 4.69) is 10.2 Å². The van der Waals surface area contributed by atoms with Crippen LogP contribution in [0.1, 0.15) is 16.7 Å². The molecular formula is C30H31Cl2F5N2O4. The number of rotatable bonds is 12. The van der Waals surface area contributed by atoms with Gasteiger partial charge in [-0.25, -0.2) is 13.6 Å². The van der Waals surface area contributed by atoms with Crippen LogP contribution in [0.25, 0.3) is 0 Å². The van der Waals surface area contributed by atoms with E-state index < -0.39 is 41.2 Å². The molecule has 0 radical (unpaired) electrons. The lowest BCUT2D eigenvalue weighted by molar-refractivity contribution is -0.145. The van der Waals surface area contributed by atoms with E-state index in [9.17, 15) is 31.9 Å². The zero-order chi connectivity index (χ0) is 29.1. The minimum absolute atomic E-state index is 0. The number of hydrogen-bond acceptors (Lipinski definition) is 5. The second kappa shape index (κ2) is 14.6. The Morgan fingerprint density at radius 1 is 0.953 bits per heavy atom. The van der Waals surface area contributed by atoms with Gasteiger partial charge in [-0.2, -0.15) is 13.2 Å². The highest BCUT2D eigenvalue weighted by Crippen LogP contribution is 2.45. The fourth-order valence-corrected chi connectivity index (χ4v) is 5.33. The van der Waals surface area contributed by atoms with Gasteiger partial charge in [-0.05, 0) is 59.4 Å². The monoisotopic (exact) mass is 648 g/mol. The zero-order valence-corrected chi connectivity index (χ0v) is 24.4. The molecule has 234 valence electrons. The number of carboxylic acids is 1. The highest BCUT2D eigenvalue weighted by Gasteiger charge is 2.55. The van der Waals surface area contributed by atoms with Crippen LogP contribution >= 0.6 is 24.8 Å². The van der Waals surface area contributed by atoms with Crippen molar-refractivity contribution in [1.29, 1.82) is 0 Å². The predicted molar refractivity (Wildman–Crippen MR) is 154 cm³/mol. The van der Waals surface area contributed by atoms with E-state index in [-0.39, 0.29) is 31.2 Å². The number of aliphatic carboxylic acids is 1. The van der Waals surface area contributed by atoms with Gasteiger partial charge in [-0.15, -0.1) is 24.8 Å². The molecule has 1 aliphatic heterocycles. The van der Waals surface area contributed by atoms with E-state index in [0.29, 0.717) is 48.9 Å². The van der Waals surface area contributed by atoms with Crippen LogP contribution in [0.2, 0.25) is 0 Å². The van der Waals surface area contributed by atoms with E-state index in [1.165, 1.54) is 0 Å². The first kappa shape index (κ1) is 34.4. The molecule has 3 aromatic rings. The molecular weight excluding hydrogens is 618 g/mol. The van der Waals surface area contributed by atoms with Crippen LogP contribution in [0.4, 0.5) is 22.0 Å². The zero-order valence-electron chi connectivity index (χ0n) is 22.7. The number of alkyl halides is 3. The van der Waals surface area contributed by atoms with Crippen molar-refractivity contribution >= 4 is 30.8 Å². The maximum Gasteiger partial charge on any atom is 0.416 e. The van der Waals surface area contributed by atoms with Crippen LogP contribution in [0.3, 0.4) is 0 Å². The molecule has 0 spiro atoms. The van der Waals surface area contributed by atoms with E-state index in [0.717, 1.165) is 49.0 Å². The minimum atomic E-state index is -4.32. The summed E-state index contributed by atoms with van der Waals surface area (Å²) in [5.41, 5.74) is 0.867. The Labute approximate surface area is 258 Å². The lowest BCUT2D eigenvalue weighted by Gasteiger charge is -2.20. The van der Waals surface area contributed by atoms with Gasteiger partial charge in [0.25, 0.3) is 0 Å². The molecule has 6 nitrogen and oxygen atoms in total. The average molecular weight is 649 g/mol. The van der Waals surface area contributed by atoms with Gasteiger partial charge in [0.2, 0.25) is 0 Å². The Morgan fingerprint density at radius 2 is 1.58 bits per heavy atom. The molecule has 0 aromatic heterocycles. The van der Waals surface area contributed by atoms with Gasteiger partial charge in [0.1, 0.15) is 18.2 Å². The number of carboxylic acid groups (broad SMARTS) is 1. The number of halogens is 7. The van der Waals surface area contributed by atoms with Crippen LogP contribution in [0.15, 0.2) is 66.7 Å². The van der Waals surface area contributed by atoms with Crippen LogP contribution in [-0.2, 0) is 23.9 Å². The van der Waals surface area contributed by atoms with Crippen molar-refractivity contribution in [3.05, 3.63) is 95.1 Å². The molecule has 0 unspecified atom stereocenters. The third-order valence-electron chi connectivity index (χ3n) is 7.49.